The van der Waals surface area contributed by atoms with Crippen LogP contribution in [0.15, 0.2) is 0 Å². The molecular weight excluding hydrogens is 254 g/mol. The highest BCUT2D eigenvalue weighted by atomic mass is 16.2. The Morgan fingerprint density at radius 3 is 2.75 bits per heavy atom. The summed E-state index contributed by atoms with van der Waals surface area (Å²) in [6.07, 6.45) is 4.57. The average Bonchev–Trinajstić information content (AvgIpc) is 2.86. The van der Waals surface area contributed by atoms with Crippen LogP contribution in [-0.2, 0) is 6.42 Å². The Balaban J connectivity index is 1.86. The number of anilines is 1. The minimum atomic E-state index is -0.192. The second-order valence-corrected chi connectivity index (χ2v) is 5.47. The van der Waals surface area contributed by atoms with E-state index in [0.717, 1.165) is 25.2 Å². The lowest BCUT2D eigenvalue weighted by atomic mass is 10.1. The van der Waals surface area contributed by atoms with Gasteiger partial charge < -0.3 is 11.1 Å². The minimum Gasteiger partial charge on any atom is -0.395 e. The Kier molecular flexibility index (Phi) is 5.00. The lowest BCUT2D eigenvalue weighted by Crippen LogP contribution is -2.44. The Morgan fingerprint density at radius 2 is 2.15 bits per heavy atom. The number of aryl methyl sites for hydroxylation is 1. The maximum absolute atomic E-state index is 12.1. The molecule has 1 aliphatic heterocycles. The van der Waals surface area contributed by atoms with E-state index in [1.54, 1.807) is 0 Å². The predicted molar refractivity (Wildman–Crippen MR) is 79.6 cm³/mol. The molecule has 0 spiro atoms. The minimum absolute atomic E-state index is 0.192. The van der Waals surface area contributed by atoms with Crippen LogP contribution in [0.4, 0.5) is 5.69 Å². The molecule has 4 N–H and O–H groups in total. The van der Waals surface area contributed by atoms with Gasteiger partial charge in [-0.1, -0.05) is 13.3 Å². The molecule has 1 fully saturated rings. The van der Waals surface area contributed by atoms with Gasteiger partial charge in [-0.05, 0) is 39.3 Å². The maximum atomic E-state index is 12.1. The van der Waals surface area contributed by atoms with Gasteiger partial charge in [0, 0.05) is 12.6 Å². The van der Waals surface area contributed by atoms with E-state index in [2.05, 4.69) is 27.3 Å². The molecule has 6 nitrogen and oxygen atoms in total. The van der Waals surface area contributed by atoms with Crippen molar-refractivity contribution < 1.29 is 4.79 Å². The highest BCUT2D eigenvalue weighted by molar-refractivity contribution is 5.97. The van der Waals surface area contributed by atoms with Crippen molar-refractivity contribution in [2.45, 2.75) is 45.6 Å². The van der Waals surface area contributed by atoms with Crippen LogP contribution in [0.3, 0.4) is 0 Å². The average molecular weight is 279 g/mol. The molecule has 2 rings (SSSR count). The zero-order valence-electron chi connectivity index (χ0n) is 12.4. The molecule has 1 atom stereocenters. The molecule has 1 amide bonds. The first kappa shape index (κ1) is 14.8. The predicted octanol–water partition coefficient (Wildman–Crippen LogP) is 1.16. The fourth-order valence-corrected chi connectivity index (χ4v) is 2.64. The van der Waals surface area contributed by atoms with Crippen LogP contribution in [0, 0.1) is 0 Å². The van der Waals surface area contributed by atoms with Crippen LogP contribution < -0.4 is 11.1 Å². The topological polar surface area (TPSA) is 87.0 Å². The molecule has 20 heavy (non-hydrogen) atoms. The third-order valence-electron chi connectivity index (χ3n) is 4.02. The zero-order valence-corrected chi connectivity index (χ0v) is 12.4. The van der Waals surface area contributed by atoms with Crippen LogP contribution in [0.5, 0.6) is 0 Å². The first-order valence-electron chi connectivity index (χ1n) is 7.48. The van der Waals surface area contributed by atoms with Crippen molar-refractivity contribution in [3.05, 3.63) is 11.4 Å². The molecule has 0 aliphatic carbocycles. The normalized spacial score (nSPS) is 17.9. The standard InChI is InChI=1S/C14H25N5O/c1-3-11-12(15)13(18-17-11)14(20)16-9-10(2)19-7-5-4-6-8-19/h10H,3-9,15H2,1-2H3,(H,16,20)(H,17,18). The van der Waals surface area contributed by atoms with Crippen LogP contribution in [0.2, 0.25) is 0 Å². The summed E-state index contributed by atoms with van der Waals surface area (Å²) in [4.78, 5) is 14.5. The number of aromatic nitrogens is 2. The largest absolute Gasteiger partial charge is 0.395 e. The van der Waals surface area contributed by atoms with Crippen LogP contribution in [0.25, 0.3) is 0 Å². The number of nitrogens with zero attached hydrogens (tertiary/aromatic N) is 2. The molecule has 0 bridgehead atoms. The van der Waals surface area contributed by atoms with Gasteiger partial charge in [0.1, 0.15) is 0 Å². The lowest BCUT2D eigenvalue weighted by Gasteiger charge is -2.32. The third kappa shape index (κ3) is 3.30. The van der Waals surface area contributed by atoms with E-state index in [9.17, 15) is 4.79 Å². The van der Waals surface area contributed by atoms with Gasteiger partial charge in [0.25, 0.3) is 5.91 Å². The number of carbonyl (C=O) groups is 1. The molecule has 112 valence electrons. The molecule has 2 heterocycles. The number of hydrogen-bond donors (Lipinski definition) is 3. The Hall–Kier alpha value is -1.56. The maximum Gasteiger partial charge on any atom is 0.273 e. The first-order chi connectivity index (χ1) is 9.63. The van der Waals surface area contributed by atoms with E-state index < -0.39 is 0 Å². The SMILES string of the molecule is CCc1[nH]nc(C(=O)NCC(C)N2CCCCC2)c1N. The highest BCUT2D eigenvalue weighted by Crippen LogP contribution is 2.15. The number of carbonyl (C=O) groups excluding carboxylic acids is 1. The molecule has 0 radical (unpaired) electrons. The second kappa shape index (κ2) is 6.74. The first-order valence-corrected chi connectivity index (χ1v) is 7.48. The summed E-state index contributed by atoms with van der Waals surface area (Å²) in [6, 6.07) is 0.352. The van der Waals surface area contributed by atoms with Gasteiger partial charge >= 0.3 is 0 Å². The van der Waals surface area contributed by atoms with Gasteiger partial charge in [0.05, 0.1) is 11.4 Å². The van der Waals surface area contributed by atoms with Crippen LogP contribution >= 0.6 is 0 Å². The fourth-order valence-electron chi connectivity index (χ4n) is 2.64. The van der Waals surface area contributed by atoms with E-state index in [0.29, 0.717) is 24.0 Å². The molecule has 1 aliphatic rings. The molecule has 1 aromatic rings. The third-order valence-corrected chi connectivity index (χ3v) is 4.02. The van der Waals surface area contributed by atoms with Gasteiger partial charge in [-0.3, -0.25) is 14.8 Å². The number of hydrogen-bond acceptors (Lipinski definition) is 4. The van der Waals surface area contributed by atoms with E-state index in [4.69, 9.17) is 5.73 Å². The van der Waals surface area contributed by atoms with Gasteiger partial charge in [0.15, 0.2) is 5.69 Å². The second-order valence-electron chi connectivity index (χ2n) is 5.47. The number of piperidine rings is 1. The molecule has 0 aromatic carbocycles. The summed E-state index contributed by atoms with van der Waals surface area (Å²) >= 11 is 0. The van der Waals surface area contributed by atoms with E-state index in [-0.39, 0.29) is 5.91 Å². The molecule has 0 saturated carbocycles. The number of aromatic amines is 1. The van der Waals surface area contributed by atoms with E-state index in [1.165, 1.54) is 19.3 Å². The van der Waals surface area contributed by atoms with Crippen molar-refractivity contribution in [3.8, 4) is 0 Å². The van der Waals surface area contributed by atoms with Crippen LogP contribution in [0.1, 0.15) is 49.3 Å². The van der Waals surface area contributed by atoms with Crippen molar-refractivity contribution in [1.82, 2.24) is 20.4 Å². The van der Waals surface area contributed by atoms with Gasteiger partial charge in [0.2, 0.25) is 0 Å². The lowest BCUT2D eigenvalue weighted by molar-refractivity contribution is 0.0926. The monoisotopic (exact) mass is 279 g/mol. The van der Waals surface area contributed by atoms with Crippen LogP contribution in [-0.4, -0.2) is 46.7 Å². The zero-order chi connectivity index (χ0) is 14.5. The number of likely N-dealkylation sites (tertiary alicyclic amines) is 1. The number of nitrogen functional groups attached to an aromatic ring is 1. The Labute approximate surface area is 120 Å². The molecule has 1 unspecified atom stereocenters. The fraction of sp³-hybridized carbons (Fsp3) is 0.714. The Morgan fingerprint density at radius 1 is 1.45 bits per heavy atom. The molecular formula is C14H25N5O. The van der Waals surface area contributed by atoms with Crippen molar-refractivity contribution in [3.63, 3.8) is 0 Å². The number of nitrogens with two attached hydrogens (primary N) is 1. The van der Waals surface area contributed by atoms with E-state index in [1.807, 2.05) is 6.92 Å². The van der Waals surface area contributed by atoms with Crippen molar-refractivity contribution in [1.29, 1.82) is 0 Å². The molecule has 1 aromatic heterocycles. The summed E-state index contributed by atoms with van der Waals surface area (Å²) in [5, 5.41) is 9.74. The summed E-state index contributed by atoms with van der Waals surface area (Å²) in [5.41, 5.74) is 7.50. The summed E-state index contributed by atoms with van der Waals surface area (Å²) in [7, 11) is 0. The molecule has 6 heteroatoms. The van der Waals surface area contributed by atoms with Crippen molar-refractivity contribution in [2.24, 2.45) is 0 Å². The number of H-pyrrole nitrogens is 1. The van der Waals surface area contributed by atoms with Crippen molar-refractivity contribution >= 4 is 11.6 Å². The van der Waals surface area contributed by atoms with Crippen molar-refractivity contribution in [2.75, 3.05) is 25.4 Å². The van der Waals surface area contributed by atoms with E-state index >= 15 is 0 Å². The summed E-state index contributed by atoms with van der Waals surface area (Å²) in [6.45, 7) is 7.01. The number of nitrogens with one attached hydrogen (secondary N) is 2. The number of rotatable bonds is 5. The Bertz CT molecular complexity index is 450. The smallest absolute Gasteiger partial charge is 0.273 e. The quantitative estimate of drug-likeness (QED) is 0.755. The van der Waals surface area contributed by atoms with Gasteiger partial charge in [-0.2, -0.15) is 5.10 Å². The highest BCUT2D eigenvalue weighted by Gasteiger charge is 2.20. The summed E-state index contributed by atoms with van der Waals surface area (Å²) < 4.78 is 0. The van der Waals surface area contributed by atoms with Gasteiger partial charge in [-0.15, -0.1) is 0 Å². The van der Waals surface area contributed by atoms with Gasteiger partial charge in [-0.25, -0.2) is 0 Å². The number of amides is 1. The molecule has 1 saturated heterocycles. The summed E-state index contributed by atoms with van der Waals surface area (Å²) in [5.74, 6) is -0.192.